The third kappa shape index (κ3) is 4.04. The Hall–Kier alpha value is -2.13. The number of methoxy groups -OCH3 is 1. The van der Waals surface area contributed by atoms with Crippen molar-refractivity contribution < 1.29 is 39.4 Å². The molecule has 5 atom stereocenters. The molecule has 0 aromatic heterocycles. The van der Waals surface area contributed by atoms with E-state index in [1.54, 1.807) is 6.07 Å². The van der Waals surface area contributed by atoms with Crippen LogP contribution < -0.4 is 4.74 Å². The van der Waals surface area contributed by atoms with E-state index in [4.69, 9.17) is 14.2 Å². The van der Waals surface area contributed by atoms with Crippen molar-refractivity contribution in [1.82, 2.24) is 0 Å². The van der Waals surface area contributed by atoms with E-state index in [0.29, 0.717) is 5.56 Å². The zero-order valence-electron chi connectivity index (χ0n) is 13.2. The van der Waals surface area contributed by atoms with Gasteiger partial charge in [-0.15, -0.1) is 0 Å². The summed E-state index contributed by atoms with van der Waals surface area (Å²) >= 11 is 0. The molecule has 24 heavy (non-hydrogen) atoms. The molecule has 0 radical (unpaired) electrons. The van der Waals surface area contributed by atoms with Gasteiger partial charge >= 0.3 is 5.97 Å². The quantitative estimate of drug-likeness (QED) is 0.438. The molecule has 1 saturated heterocycles. The number of esters is 1. The van der Waals surface area contributed by atoms with E-state index >= 15 is 0 Å². The van der Waals surface area contributed by atoms with Crippen molar-refractivity contribution in [2.75, 3.05) is 7.11 Å². The summed E-state index contributed by atoms with van der Waals surface area (Å²) in [6.45, 7) is 1.50. The Morgan fingerprint density at radius 1 is 1.25 bits per heavy atom. The molecule has 1 heterocycles. The van der Waals surface area contributed by atoms with Crippen LogP contribution in [0.1, 0.15) is 12.5 Å². The number of aliphatic hydroxyl groups excluding tert-OH is 3. The van der Waals surface area contributed by atoms with Crippen LogP contribution in [0.25, 0.3) is 6.08 Å². The Kier molecular flexibility index (Phi) is 5.79. The van der Waals surface area contributed by atoms with Crippen LogP contribution in [0, 0.1) is 0 Å². The van der Waals surface area contributed by atoms with Crippen LogP contribution in [0.3, 0.4) is 0 Å². The van der Waals surface area contributed by atoms with E-state index < -0.39 is 36.7 Å². The van der Waals surface area contributed by atoms with Gasteiger partial charge in [0.1, 0.15) is 12.2 Å². The first-order valence-corrected chi connectivity index (χ1v) is 7.29. The zero-order valence-corrected chi connectivity index (χ0v) is 13.2. The molecule has 8 heteroatoms. The standard InChI is InChI=1S/C16H20O8/c1-8-15(13(19)14(20)16(21)23-8)24-12(18)6-4-9-3-5-10(17)11(7-9)22-2/h3-8,13-17,19-21H,1-2H3/b6-4+/t8-,13-,14+,15-,16?/m0/s1. The van der Waals surface area contributed by atoms with Gasteiger partial charge in [-0.25, -0.2) is 4.79 Å². The largest absolute Gasteiger partial charge is 0.504 e. The molecule has 4 N–H and O–H groups in total. The average Bonchev–Trinajstić information content (AvgIpc) is 2.56. The highest BCUT2D eigenvalue weighted by atomic mass is 16.7. The molecule has 2 rings (SSSR count). The Balaban J connectivity index is 2.02. The molecule has 0 saturated carbocycles. The van der Waals surface area contributed by atoms with Gasteiger partial charge < -0.3 is 34.6 Å². The van der Waals surface area contributed by atoms with Crippen molar-refractivity contribution in [2.24, 2.45) is 0 Å². The molecular formula is C16H20O8. The fourth-order valence-electron chi connectivity index (χ4n) is 2.32. The van der Waals surface area contributed by atoms with E-state index in [1.165, 1.54) is 32.2 Å². The van der Waals surface area contributed by atoms with Crippen molar-refractivity contribution in [1.29, 1.82) is 0 Å². The number of hydrogen-bond acceptors (Lipinski definition) is 8. The smallest absolute Gasteiger partial charge is 0.331 e. The lowest BCUT2D eigenvalue weighted by molar-refractivity contribution is -0.280. The Labute approximate surface area is 138 Å². The molecule has 132 valence electrons. The molecule has 1 aliphatic heterocycles. The minimum atomic E-state index is -1.57. The van der Waals surface area contributed by atoms with Crippen LogP contribution in [-0.2, 0) is 14.3 Å². The van der Waals surface area contributed by atoms with Crippen molar-refractivity contribution in [3.8, 4) is 11.5 Å². The maximum Gasteiger partial charge on any atom is 0.331 e. The first-order chi connectivity index (χ1) is 11.3. The van der Waals surface area contributed by atoms with Gasteiger partial charge in [-0.05, 0) is 30.7 Å². The van der Waals surface area contributed by atoms with Gasteiger partial charge in [-0.3, -0.25) is 0 Å². The van der Waals surface area contributed by atoms with Gasteiger partial charge in [0.2, 0.25) is 0 Å². The van der Waals surface area contributed by atoms with Crippen LogP contribution in [0.2, 0.25) is 0 Å². The molecule has 0 aliphatic carbocycles. The summed E-state index contributed by atoms with van der Waals surface area (Å²) < 4.78 is 15.0. The predicted molar refractivity (Wildman–Crippen MR) is 82.1 cm³/mol. The third-order valence-corrected chi connectivity index (χ3v) is 3.66. The van der Waals surface area contributed by atoms with Crippen molar-refractivity contribution in [3.05, 3.63) is 29.8 Å². The fraction of sp³-hybridized carbons (Fsp3) is 0.438. The number of phenolic OH excluding ortho intramolecular Hbond substituents is 1. The van der Waals surface area contributed by atoms with E-state index in [-0.39, 0.29) is 11.5 Å². The van der Waals surface area contributed by atoms with Gasteiger partial charge in [0, 0.05) is 6.08 Å². The minimum absolute atomic E-state index is 0.0268. The van der Waals surface area contributed by atoms with Crippen LogP contribution >= 0.6 is 0 Å². The topological polar surface area (TPSA) is 126 Å². The minimum Gasteiger partial charge on any atom is -0.504 e. The summed E-state index contributed by atoms with van der Waals surface area (Å²) in [7, 11) is 1.41. The van der Waals surface area contributed by atoms with E-state index in [9.17, 15) is 25.2 Å². The number of hydrogen-bond donors (Lipinski definition) is 4. The number of ether oxygens (including phenoxy) is 3. The van der Waals surface area contributed by atoms with Gasteiger partial charge in [-0.1, -0.05) is 6.07 Å². The lowest BCUT2D eigenvalue weighted by atomic mass is 10.00. The number of rotatable bonds is 4. The Morgan fingerprint density at radius 2 is 1.96 bits per heavy atom. The van der Waals surface area contributed by atoms with Crippen molar-refractivity contribution in [3.63, 3.8) is 0 Å². The number of phenols is 1. The third-order valence-electron chi connectivity index (χ3n) is 3.66. The van der Waals surface area contributed by atoms with Crippen molar-refractivity contribution >= 4 is 12.0 Å². The highest BCUT2D eigenvalue weighted by molar-refractivity contribution is 5.87. The second-order valence-electron chi connectivity index (χ2n) is 5.38. The Morgan fingerprint density at radius 3 is 2.62 bits per heavy atom. The molecule has 1 unspecified atom stereocenters. The molecule has 1 fully saturated rings. The zero-order chi connectivity index (χ0) is 17.9. The molecule has 8 nitrogen and oxygen atoms in total. The summed E-state index contributed by atoms with van der Waals surface area (Å²) in [5.74, 6) is -0.529. The Bertz CT molecular complexity index is 614. The summed E-state index contributed by atoms with van der Waals surface area (Å²) in [6.07, 6.45) is -3.90. The first kappa shape index (κ1) is 18.2. The van der Waals surface area contributed by atoms with Crippen molar-refractivity contribution in [2.45, 2.75) is 37.6 Å². The summed E-state index contributed by atoms with van der Waals surface area (Å²) in [4.78, 5) is 11.9. The number of carbonyl (C=O) groups is 1. The molecule has 0 spiro atoms. The molecule has 0 bridgehead atoms. The number of aliphatic hydroxyl groups is 3. The normalized spacial score (nSPS) is 30.3. The number of carbonyl (C=O) groups excluding carboxylic acids is 1. The van der Waals surface area contributed by atoms with Crippen LogP contribution in [-0.4, -0.2) is 64.2 Å². The van der Waals surface area contributed by atoms with Crippen LogP contribution in [0.5, 0.6) is 11.5 Å². The number of aromatic hydroxyl groups is 1. The van der Waals surface area contributed by atoms with Gasteiger partial charge in [0.25, 0.3) is 0 Å². The number of benzene rings is 1. The lowest BCUT2D eigenvalue weighted by Crippen LogP contribution is -2.57. The van der Waals surface area contributed by atoms with E-state index in [2.05, 4.69) is 0 Å². The summed E-state index contributed by atoms with van der Waals surface area (Å²) in [5, 5.41) is 38.3. The first-order valence-electron chi connectivity index (χ1n) is 7.29. The fourth-order valence-corrected chi connectivity index (χ4v) is 2.32. The van der Waals surface area contributed by atoms with Crippen LogP contribution in [0.4, 0.5) is 0 Å². The highest BCUT2D eigenvalue weighted by Gasteiger charge is 2.43. The predicted octanol–water partition coefficient (Wildman–Crippen LogP) is -0.215. The lowest BCUT2D eigenvalue weighted by Gasteiger charge is -2.38. The molecule has 1 aromatic rings. The van der Waals surface area contributed by atoms with Gasteiger partial charge in [0.15, 0.2) is 23.9 Å². The second-order valence-corrected chi connectivity index (χ2v) is 5.38. The molecule has 1 aliphatic rings. The maximum absolute atomic E-state index is 11.9. The average molecular weight is 340 g/mol. The SMILES string of the molecule is COc1cc(/C=C/C(=O)O[C@@H]2[C@@H](O)[C@@H](O)C(O)O[C@H]2C)ccc1O. The van der Waals surface area contributed by atoms with Gasteiger partial charge in [-0.2, -0.15) is 0 Å². The molecular weight excluding hydrogens is 320 g/mol. The highest BCUT2D eigenvalue weighted by Crippen LogP contribution is 2.27. The second kappa shape index (κ2) is 7.63. The molecule has 1 aromatic carbocycles. The summed E-state index contributed by atoms with van der Waals surface area (Å²) in [5.41, 5.74) is 0.588. The molecule has 0 amide bonds. The summed E-state index contributed by atoms with van der Waals surface area (Å²) in [6, 6.07) is 4.52. The monoisotopic (exact) mass is 340 g/mol. The van der Waals surface area contributed by atoms with E-state index in [1.807, 2.05) is 0 Å². The maximum atomic E-state index is 11.9. The van der Waals surface area contributed by atoms with Gasteiger partial charge in [0.05, 0.1) is 13.2 Å². The van der Waals surface area contributed by atoms with E-state index in [0.717, 1.165) is 6.08 Å². The van der Waals surface area contributed by atoms with Crippen LogP contribution in [0.15, 0.2) is 24.3 Å².